The van der Waals surface area contributed by atoms with Gasteiger partial charge in [0.1, 0.15) is 5.75 Å². The van der Waals surface area contributed by atoms with Crippen LogP contribution in [0.2, 0.25) is 0 Å². The van der Waals surface area contributed by atoms with E-state index in [1.165, 1.54) is 38.7 Å². The minimum atomic E-state index is 0.787. The summed E-state index contributed by atoms with van der Waals surface area (Å²) in [6.45, 7) is 5.07. The van der Waals surface area contributed by atoms with Crippen molar-refractivity contribution < 1.29 is 4.74 Å². The van der Waals surface area contributed by atoms with Gasteiger partial charge in [0.2, 0.25) is 0 Å². The van der Waals surface area contributed by atoms with Crippen LogP contribution in [0.25, 0.3) is 22.0 Å². The number of fused-ring (bicyclic) bond motifs is 1. The molecule has 3 nitrogen and oxygen atoms in total. The maximum absolute atomic E-state index is 5.24. The fraction of sp³-hybridized carbons (Fsp3) is 0.222. The van der Waals surface area contributed by atoms with Gasteiger partial charge in [-0.3, -0.25) is 4.99 Å². The first-order valence-electron chi connectivity index (χ1n) is 10.5. The summed E-state index contributed by atoms with van der Waals surface area (Å²) in [5.74, 6) is 0.875. The molecule has 0 aliphatic heterocycles. The number of aromatic nitrogens is 1. The number of aromatic amines is 1. The van der Waals surface area contributed by atoms with Crippen LogP contribution in [0.4, 0.5) is 0 Å². The second-order valence-corrected chi connectivity index (χ2v) is 7.57. The minimum Gasteiger partial charge on any atom is -0.497 e. The van der Waals surface area contributed by atoms with Gasteiger partial charge in [0.15, 0.2) is 0 Å². The monoisotopic (exact) mass is 396 g/mol. The van der Waals surface area contributed by atoms with Crippen molar-refractivity contribution in [2.24, 2.45) is 4.99 Å². The minimum absolute atomic E-state index is 0.787. The maximum atomic E-state index is 5.24. The highest BCUT2D eigenvalue weighted by Crippen LogP contribution is 2.23. The van der Waals surface area contributed by atoms with Gasteiger partial charge in [-0.1, -0.05) is 49.4 Å². The molecule has 4 aromatic rings. The average molecular weight is 397 g/mol. The van der Waals surface area contributed by atoms with E-state index in [9.17, 15) is 0 Å². The van der Waals surface area contributed by atoms with Crippen LogP contribution in [0.1, 0.15) is 30.5 Å². The molecule has 0 fully saturated rings. The van der Waals surface area contributed by atoms with Crippen molar-refractivity contribution in [3.63, 3.8) is 0 Å². The molecule has 0 saturated carbocycles. The number of nitrogens with one attached hydrogen (secondary N) is 1. The lowest BCUT2D eigenvalue weighted by Gasteiger charge is -2.06. The Kier molecular flexibility index (Phi) is 5.99. The standard InChI is InChI=1S/C27H28N2O/c1-4-20-5-14-27-26(17-20)24(18-29-27)15-16-28-19(2)21-6-8-22(9-7-21)23-10-12-25(30-3)13-11-23/h5-14,17-18,29H,4,15-16H2,1-3H3. The van der Waals surface area contributed by atoms with E-state index >= 15 is 0 Å². The second-order valence-electron chi connectivity index (χ2n) is 7.57. The molecule has 0 radical (unpaired) electrons. The van der Waals surface area contributed by atoms with Gasteiger partial charge >= 0.3 is 0 Å². The fourth-order valence-electron chi connectivity index (χ4n) is 3.78. The molecule has 1 heterocycles. The van der Waals surface area contributed by atoms with Gasteiger partial charge in [0.05, 0.1) is 7.11 Å². The summed E-state index contributed by atoms with van der Waals surface area (Å²) in [5.41, 5.74) is 8.54. The molecular weight excluding hydrogens is 368 g/mol. The van der Waals surface area contributed by atoms with E-state index in [-0.39, 0.29) is 0 Å². The number of aliphatic imine (C=N–C) groups is 1. The first-order chi connectivity index (χ1) is 14.7. The molecule has 152 valence electrons. The first kappa shape index (κ1) is 20.0. The molecule has 4 rings (SSSR count). The molecule has 0 aliphatic rings. The van der Waals surface area contributed by atoms with E-state index in [2.05, 4.69) is 79.6 Å². The number of methoxy groups -OCH3 is 1. The summed E-state index contributed by atoms with van der Waals surface area (Å²) in [6.07, 6.45) is 4.12. The number of nitrogens with zero attached hydrogens (tertiary/aromatic N) is 1. The van der Waals surface area contributed by atoms with E-state index in [4.69, 9.17) is 9.73 Å². The van der Waals surface area contributed by atoms with Crippen molar-refractivity contribution in [1.82, 2.24) is 4.98 Å². The Morgan fingerprint density at radius 2 is 1.63 bits per heavy atom. The Balaban J connectivity index is 1.43. The van der Waals surface area contributed by atoms with E-state index in [0.717, 1.165) is 30.8 Å². The van der Waals surface area contributed by atoms with Crippen LogP contribution in [-0.2, 0) is 12.8 Å². The molecule has 30 heavy (non-hydrogen) atoms. The summed E-state index contributed by atoms with van der Waals surface area (Å²) in [4.78, 5) is 8.21. The van der Waals surface area contributed by atoms with Crippen molar-refractivity contribution >= 4 is 16.6 Å². The molecule has 1 aromatic heterocycles. The lowest BCUT2D eigenvalue weighted by molar-refractivity contribution is 0.415. The summed E-state index contributed by atoms with van der Waals surface area (Å²) in [7, 11) is 1.69. The number of benzene rings is 3. The summed E-state index contributed by atoms with van der Waals surface area (Å²) in [6, 6.07) is 23.4. The highest BCUT2D eigenvalue weighted by atomic mass is 16.5. The highest BCUT2D eigenvalue weighted by molar-refractivity contribution is 5.99. The molecule has 0 saturated heterocycles. The van der Waals surface area contributed by atoms with Crippen LogP contribution in [0.3, 0.4) is 0 Å². The Morgan fingerprint density at radius 1 is 0.933 bits per heavy atom. The molecule has 3 heteroatoms. The zero-order chi connectivity index (χ0) is 20.9. The van der Waals surface area contributed by atoms with Crippen LogP contribution in [0.15, 0.2) is 77.9 Å². The Hall–Kier alpha value is -3.33. The topological polar surface area (TPSA) is 37.4 Å². The van der Waals surface area contributed by atoms with Crippen LogP contribution < -0.4 is 4.74 Å². The molecule has 1 N–H and O–H groups in total. The van der Waals surface area contributed by atoms with Crippen molar-refractivity contribution in [2.75, 3.05) is 13.7 Å². The quantitative estimate of drug-likeness (QED) is 0.358. The first-order valence-corrected chi connectivity index (χ1v) is 10.5. The van der Waals surface area contributed by atoms with Gasteiger partial charge in [0.25, 0.3) is 0 Å². The average Bonchev–Trinajstić information content (AvgIpc) is 3.21. The van der Waals surface area contributed by atoms with E-state index < -0.39 is 0 Å². The normalized spacial score (nSPS) is 11.8. The maximum Gasteiger partial charge on any atom is 0.118 e. The molecule has 0 bridgehead atoms. The number of aryl methyl sites for hydroxylation is 1. The molecule has 0 atom stereocenters. The summed E-state index contributed by atoms with van der Waals surface area (Å²) >= 11 is 0. The van der Waals surface area contributed by atoms with Gasteiger partial charge in [0, 0.05) is 29.4 Å². The van der Waals surface area contributed by atoms with E-state index in [1.807, 2.05) is 12.1 Å². The summed E-state index contributed by atoms with van der Waals surface area (Å²) < 4.78 is 5.24. The number of hydrogen-bond donors (Lipinski definition) is 1. The van der Waals surface area contributed by atoms with Crippen LogP contribution in [0, 0.1) is 0 Å². The third-order valence-corrected chi connectivity index (χ3v) is 5.70. The van der Waals surface area contributed by atoms with E-state index in [0.29, 0.717) is 0 Å². The number of hydrogen-bond acceptors (Lipinski definition) is 2. The molecule has 0 spiro atoms. The zero-order valence-corrected chi connectivity index (χ0v) is 17.9. The van der Waals surface area contributed by atoms with Gasteiger partial charge in [-0.15, -0.1) is 0 Å². The van der Waals surface area contributed by atoms with Gasteiger partial charge < -0.3 is 9.72 Å². The van der Waals surface area contributed by atoms with Crippen molar-refractivity contribution in [3.05, 3.63) is 89.6 Å². The largest absolute Gasteiger partial charge is 0.497 e. The second kappa shape index (κ2) is 9.00. The van der Waals surface area contributed by atoms with Gasteiger partial charge in [-0.2, -0.15) is 0 Å². The Bertz CT molecular complexity index is 1150. The predicted octanol–water partition coefficient (Wildman–Crippen LogP) is 6.46. The Morgan fingerprint density at radius 3 is 2.30 bits per heavy atom. The van der Waals surface area contributed by atoms with Crippen molar-refractivity contribution in [1.29, 1.82) is 0 Å². The molecular formula is C27H28N2O. The lowest BCUT2D eigenvalue weighted by Crippen LogP contribution is -1.98. The SMILES string of the molecule is CCc1ccc2[nH]cc(CCN=C(C)c3ccc(-c4ccc(OC)cc4)cc3)c2c1. The number of H-pyrrole nitrogens is 1. The lowest BCUT2D eigenvalue weighted by atomic mass is 10.0. The molecule has 0 amide bonds. The fourth-order valence-corrected chi connectivity index (χ4v) is 3.78. The van der Waals surface area contributed by atoms with Crippen molar-refractivity contribution in [3.8, 4) is 16.9 Å². The van der Waals surface area contributed by atoms with Crippen LogP contribution >= 0.6 is 0 Å². The molecule has 0 unspecified atom stereocenters. The van der Waals surface area contributed by atoms with Gasteiger partial charge in [-0.05, 0) is 71.8 Å². The number of rotatable bonds is 7. The highest BCUT2D eigenvalue weighted by Gasteiger charge is 2.05. The van der Waals surface area contributed by atoms with Crippen LogP contribution in [0.5, 0.6) is 5.75 Å². The van der Waals surface area contributed by atoms with Crippen LogP contribution in [-0.4, -0.2) is 24.4 Å². The third-order valence-electron chi connectivity index (χ3n) is 5.70. The van der Waals surface area contributed by atoms with Gasteiger partial charge in [-0.25, -0.2) is 0 Å². The third kappa shape index (κ3) is 4.30. The van der Waals surface area contributed by atoms with Crippen molar-refractivity contribution in [2.45, 2.75) is 26.7 Å². The molecule has 3 aromatic carbocycles. The smallest absolute Gasteiger partial charge is 0.118 e. The zero-order valence-electron chi connectivity index (χ0n) is 17.9. The molecule has 0 aliphatic carbocycles. The van der Waals surface area contributed by atoms with E-state index in [1.54, 1.807) is 7.11 Å². The predicted molar refractivity (Wildman–Crippen MR) is 127 cm³/mol. The Labute approximate surface area is 178 Å². The summed E-state index contributed by atoms with van der Waals surface area (Å²) in [5, 5.41) is 1.33. The number of ether oxygens (including phenoxy) is 1.